The summed E-state index contributed by atoms with van der Waals surface area (Å²) in [5, 5.41) is 11.2. The van der Waals surface area contributed by atoms with Crippen LogP contribution in [0, 0.1) is 12.8 Å². The second-order valence-electron chi connectivity index (χ2n) is 8.49. The summed E-state index contributed by atoms with van der Waals surface area (Å²) in [7, 11) is 0. The lowest BCUT2D eigenvalue weighted by Crippen LogP contribution is -2.29. The van der Waals surface area contributed by atoms with Crippen LogP contribution in [-0.4, -0.2) is 28.4 Å². The van der Waals surface area contributed by atoms with Gasteiger partial charge in [0.05, 0.1) is 17.9 Å². The van der Waals surface area contributed by atoms with Crippen molar-refractivity contribution in [3.8, 4) is 5.75 Å². The van der Waals surface area contributed by atoms with Gasteiger partial charge in [0.1, 0.15) is 17.6 Å². The van der Waals surface area contributed by atoms with Gasteiger partial charge in [0.2, 0.25) is 0 Å². The van der Waals surface area contributed by atoms with Gasteiger partial charge in [-0.15, -0.1) is 0 Å². The number of benzene rings is 2. The lowest BCUT2D eigenvalue weighted by Gasteiger charge is -2.24. The molecular formula is C27H26N2O4. The fraction of sp³-hybridized carbons (Fsp3) is 0.222. The number of hydrogen-bond donors (Lipinski definition) is 1. The maximum Gasteiger partial charge on any atom is 0.300 e. The highest BCUT2D eigenvalue weighted by Gasteiger charge is 2.47. The smallest absolute Gasteiger partial charge is 0.300 e. The normalized spacial score (nSPS) is 17.6. The van der Waals surface area contributed by atoms with Crippen molar-refractivity contribution in [2.75, 3.05) is 11.5 Å². The van der Waals surface area contributed by atoms with E-state index in [1.54, 1.807) is 54.7 Å². The number of ether oxygens (including phenoxy) is 1. The number of ketones is 1. The van der Waals surface area contributed by atoms with Gasteiger partial charge < -0.3 is 9.84 Å². The first-order valence-corrected chi connectivity index (χ1v) is 10.9. The van der Waals surface area contributed by atoms with E-state index in [1.807, 2.05) is 25.1 Å². The van der Waals surface area contributed by atoms with E-state index in [2.05, 4.69) is 18.8 Å². The van der Waals surface area contributed by atoms with Crippen molar-refractivity contribution in [2.45, 2.75) is 26.8 Å². The SMILES string of the molecule is Cc1cccc(N2C(=O)C(=O)/C(=C(/O)c3ccc(OCC(C)C)cc3)C2c2ccccn2)c1. The van der Waals surface area contributed by atoms with Crippen LogP contribution in [0.5, 0.6) is 5.75 Å². The van der Waals surface area contributed by atoms with Crippen LogP contribution < -0.4 is 9.64 Å². The second kappa shape index (κ2) is 9.28. The molecule has 1 aliphatic heterocycles. The molecule has 6 heteroatoms. The number of anilines is 1. The maximum absolute atomic E-state index is 13.2. The number of Topliss-reactive ketones (excluding diaryl/α,β-unsaturated/α-hetero) is 1. The van der Waals surface area contributed by atoms with E-state index in [1.165, 1.54) is 4.90 Å². The topological polar surface area (TPSA) is 79.7 Å². The highest BCUT2D eigenvalue weighted by molar-refractivity contribution is 6.51. The highest BCUT2D eigenvalue weighted by atomic mass is 16.5. The maximum atomic E-state index is 13.2. The Morgan fingerprint density at radius 1 is 1.06 bits per heavy atom. The van der Waals surface area contributed by atoms with Gasteiger partial charge in [-0.3, -0.25) is 19.5 Å². The minimum Gasteiger partial charge on any atom is -0.507 e. The zero-order chi connectivity index (χ0) is 23.5. The zero-order valence-electron chi connectivity index (χ0n) is 18.9. The lowest BCUT2D eigenvalue weighted by molar-refractivity contribution is -0.132. The van der Waals surface area contributed by atoms with Gasteiger partial charge in [0, 0.05) is 17.4 Å². The molecule has 0 saturated carbocycles. The van der Waals surface area contributed by atoms with Gasteiger partial charge in [-0.25, -0.2) is 0 Å². The van der Waals surface area contributed by atoms with Crippen LogP contribution in [0.25, 0.3) is 5.76 Å². The van der Waals surface area contributed by atoms with Gasteiger partial charge >= 0.3 is 0 Å². The summed E-state index contributed by atoms with van der Waals surface area (Å²) in [6, 6.07) is 18.7. The van der Waals surface area contributed by atoms with Crippen LogP contribution in [0.3, 0.4) is 0 Å². The number of nitrogens with zero attached hydrogens (tertiary/aromatic N) is 2. The Bertz CT molecular complexity index is 1200. The highest BCUT2D eigenvalue weighted by Crippen LogP contribution is 2.41. The molecule has 2 heterocycles. The quantitative estimate of drug-likeness (QED) is 0.328. The van der Waals surface area contributed by atoms with Gasteiger partial charge in [0.25, 0.3) is 11.7 Å². The van der Waals surface area contributed by atoms with E-state index in [-0.39, 0.29) is 11.3 Å². The van der Waals surface area contributed by atoms with E-state index in [0.29, 0.717) is 35.2 Å². The van der Waals surface area contributed by atoms with Crippen LogP contribution in [0.15, 0.2) is 78.5 Å². The Kier molecular flexibility index (Phi) is 6.27. The number of aryl methyl sites for hydroxylation is 1. The predicted octanol–water partition coefficient (Wildman–Crippen LogP) is 5.05. The molecule has 3 aromatic rings. The summed E-state index contributed by atoms with van der Waals surface area (Å²) >= 11 is 0. The Labute approximate surface area is 193 Å². The Balaban J connectivity index is 1.80. The van der Waals surface area contributed by atoms with E-state index < -0.39 is 17.7 Å². The molecule has 0 bridgehead atoms. The fourth-order valence-corrected chi connectivity index (χ4v) is 3.82. The van der Waals surface area contributed by atoms with Gasteiger partial charge in [0.15, 0.2) is 0 Å². The zero-order valence-corrected chi connectivity index (χ0v) is 18.9. The third kappa shape index (κ3) is 4.51. The number of carbonyl (C=O) groups excluding carboxylic acids is 2. The summed E-state index contributed by atoms with van der Waals surface area (Å²) in [5.41, 5.74) is 2.46. The molecule has 168 valence electrons. The molecular weight excluding hydrogens is 416 g/mol. The summed E-state index contributed by atoms with van der Waals surface area (Å²) in [5.74, 6) is -0.634. The van der Waals surface area contributed by atoms with Crippen LogP contribution >= 0.6 is 0 Å². The number of aliphatic hydroxyl groups excluding tert-OH is 1. The van der Waals surface area contributed by atoms with Crippen LogP contribution in [0.2, 0.25) is 0 Å². The number of rotatable bonds is 6. The van der Waals surface area contributed by atoms with Crippen molar-refractivity contribution in [1.82, 2.24) is 4.98 Å². The molecule has 0 spiro atoms. The number of hydrogen-bond acceptors (Lipinski definition) is 5. The molecule has 1 saturated heterocycles. The first-order valence-electron chi connectivity index (χ1n) is 10.9. The molecule has 1 amide bonds. The van der Waals surface area contributed by atoms with Crippen molar-refractivity contribution >= 4 is 23.1 Å². The number of amides is 1. The summed E-state index contributed by atoms with van der Waals surface area (Å²) in [4.78, 5) is 32.1. The molecule has 1 fully saturated rings. The average Bonchev–Trinajstić information content (AvgIpc) is 3.08. The Morgan fingerprint density at radius 2 is 1.82 bits per heavy atom. The van der Waals surface area contributed by atoms with E-state index in [9.17, 15) is 14.7 Å². The second-order valence-corrected chi connectivity index (χ2v) is 8.49. The van der Waals surface area contributed by atoms with Crippen LogP contribution in [0.1, 0.15) is 36.7 Å². The standard InChI is InChI=1S/C27H26N2O4/c1-17(2)16-33-21-12-10-19(11-13-21)25(30)23-24(22-9-4-5-14-28-22)29(27(32)26(23)31)20-8-6-7-18(3)15-20/h4-15,17,24,30H,16H2,1-3H3/b25-23+. The molecule has 1 atom stereocenters. The molecule has 0 radical (unpaired) electrons. The molecule has 0 aliphatic carbocycles. The lowest BCUT2D eigenvalue weighted by atomic mass is 9.98. The number of carbonyl (C=O) groups is 2. The first-order chi connectivity index (χ1) is 15.9. The predicted molar refractivity (Wildman–Crippen MR) is 127 cm³/mol. The summed E-state index contributed by atoms with van der Waals surface area (Å²) < 4.78 is 5.71. The van der Waals surface area contributed by atoms with Crippen molar-refractivity contribution in [1.29, 1.82) is 0 Å². The van der Waals surface area contributed by atoms with Crippen molar-refractivity contribution in [3.05, 3.63) is 95.3 Å². The fourth-order valence-electron chi connectivity index (χ4n) is 3.82. The largest absolute Gasteiger partial charge is 0.507 e. The van der Waals surface area contributed by atoms with E-state index in [0.717, 1.165) is 5.56 Å². The Morgan fingerprint density at radius 3 is 2.45 bits per heavy atom. The van der Waals surface area contributed by atoms with Crippen molar-refractivity contribution in [2.24, 2.45) is 5.92 Å². The van der Waals surface area contributed by atoms with Crippen molar-refractivity contribution in [3.63, 3.8) is 0 Å². The van der Waals surface area contributed by atoms with Gasteiger partial charge in [-0.2, -0.15) is 0 Å². The third-order valence-electron chi connectivity index (χ3n) is 5.40. The Hall–Kier alpha value is -3.93. The molecule has 1 unspecified atom stereocenters. The molecule has 1 aliphatic rings. The third-order valence-corrected chi connectivity index (χ3v) is 5.40. The number of pyridine rings is 1. The van der Waals surface area contributed by atoms with Crippen molar-refractivity contribution < 1.29 is 19.4 Å². The van der Waals surface area contributed by atoms with Crippen LogP contribution in [-0.2, 0) is 9.59 Å². The monoisotopic (exact) mass is 442 g/mol. The van der Waals surface area contributed by atoms with Crippen LogP contribution in [0.4, 0.5) is 5.69 Å². The summed E-state index contributed by atoms with van der Waals surface area (Å²) in [6.45, 7) is 6.61. The molecule has 33 heavy (non-hydrogen) atoms. The summed E-state index contributed by atoms with van der Waals surface area (Å²) in [6.07, 6.45) is 1.60. The minimum atomic E-state index is -0.843. The molecule has 4 rings (SSSR count). The molecule has 1 N–H and O–H groups in total. The molecule has 1 aromatic heterocycles. The first kappa shape index (κ1) is 22.3. The van der Waals surface area contributed by atoms with E-state index in [4.69, 9.17) is 4.74 Å². The van der Waals surface area contributed by atoms with Gasteiger partial charge in [-0.1, -0.05) is 32.0 Å². The number of aliphatic hydroxyl groups is 1. The molecule has 6 nitrogen and oxygen atoms in total. The number of aromatic nitrogens is 1. The van der Waals surface area contributed by atoms with Gasteiger partial charge in [-0.05, 0) is 66.9 Å². The molecule has 2 aromatic carbocycles. The minimum absolute atomic E-state index is 0.0102. The van der Waals surface area contributed by atoms with E-state index >= 15 is 0 Å². The average molecular weight is 443 g/mol.